The quantitative estimate of drug-likeness (QED) is 0.876. The van der Waals surface area contributed by atoms with E-state index in [1.807, 2.05) is 36.5 Å². The van der Waals surface area contributed by atoms with Gasteiger partial charge in [-0.3, -0.25) is 4.79 Å². The summed E-state index contributed by atoms with van der Waals surface area (Å²) in [5, 5.41) is 5.25. The Balaban J connectivity index is 1.86. The molecular formula is C16H17ClFN2O+. The van der Waals surface area contributed by atoms with Gasteiger partial charge in [-0.15, -0.1) is 0 Å². The highest BCUT2D eigenvalue weighted by Crippen LogP contribution is 2.14. The second kappa shape index (κ2) is 7.20. The van der Waals surface area contributed by atoms with E-state index in [0.29, 0.717) is 10.7 Å². The Kier molecular flexibility index (Phi) is 5.31. The van der Waals surface area contributed by atoms with Crippen molar-refractivity contribution in [3.05, 3.63) is 64.9 Å². The van der Waals surface area contributed by atoms with Crippen molar-refractivity contribution in [2.45, 2.75) is 13.0 Å². The summed E-state index contributed by atoms with van der Waals surface area (Å²) in [6, 6.07) is 13.5. The van der Waals surface area contributed by atoms with Crippen molar-refractivity contribution in [2.24, 2.45) is 0 Å². The largest absolute Gasteiger partial charge is 0.333 e. The van der Waals surface area contributed by atoms with Crippen molar-refractivity contribution in [2.75, 3.05) is 11.9 Å². The Labute approximate surface area is 128 Å². The summed E-state index contributed by atoms with van der Waals surface area (Å²) in [5.74, 6) is -0.543. The van der Waals surface area contributed by atoms with Crippen molar-refractivity contribution in [3.63, 3.8) is 0 Å². The third-order valence-corrected chi connectivity index (χ3v) is 3.37. The maximum Gasteiger partial charge on any atom is 0.279 e. The topological polar surface area (TPSA) is 45.7 Å². The van der Waals surface area contributed by atoms with Crippen LogP contribution in [0.3, 0.4) is 0 Å². The van der Waals surface area contributed by atoms with Crippen LogP contribution in [0.25, 0.3) is 0 Å². The highest BCUT2D eigenvalue weighted by atomic mass is 35.5. The van der Waals surface area contributed by atoms with Crippen LogP contribution in [0.2, 0.25) is 5.02 Å². The maximum atomic E-state index is 13.0. The minimum Gasteiger partial charge on any atom is -0.333 e. The first kappa shape index (κ1) is 15.5. The SMILES string of the molecule is C[C@@H]([NH2+]CC(=O)Nc1cccc(F)c1)c1cccc(Cl)c1. The third kappa shape index (κ3) is 4.85. The number of carbonyl (C=O) groups is 1. The number of halogens is 2. The number of hydrogen-bond donors (Lipinski definition) is 2. The summed E-state index contributed by atoms with van der Waals surface area (Å²) in [4.78, 5) is 11.8. The Morgan fingerprint density at radius 2 is 2.05 bits per heavy atom. The van der Waals surface area contributed by atoms with Gasteiger partial charge in [-0.05, 0) is 37.3 Å². The number of hydrogen-bond acceptors (Lipinski definition) is 1. The number of carbonyl (C=O) groups excluding carboxylic acids is 1. The van der Waals surface area contributed by atoms with Crippen LogP contribution in [0.1, 0.15) is 18.5 Å². The fraction of sp³-hybridized carbons (Fsp3) is 0.188. The second-order valence-corrected chi connectivity index (χ2v) is 5.28. The summed E-state index contributed by atoms with van der Waals surface area (Å²) in [6.45, 7) is 2.26. The average molecular weight is 308 g/mol. The summed E-state index contributed by atoms with van der Waals surface area (Å²) in [5.41, 5.74) is 1.52. The van der Waals surface area contributed by atoms with E-state index in [1.165, 1.54) is 12.1 Å². The molecule has 0 saturated carbocycles. The number of rotatable bonds is 5. The number of benzene rings is 2. The molecule has 0 aliphatic heterocycles. The van der Waals surface area contributed by atoms with Crippen LogP contribution >= 0.6 is 11.6 Å². The van der Waals surface area contributed by atoms with Crippen LogP contribution in [-0.2, 0) is 4.79 Å². The van der Waals surface area contributed by atoms with Gasteiger partial charge in [-0.25, -0.2) is 4.39 Å². The van der Waals surface area contributed by atoms with Crippen LogP contribution in [0, 0.1) is 5.82 Å². The Morgan fingerprint density at radius 3 is 2.76 bits per heavy atom. The van der Waals surface area contributed by atoms with E-state index < -0.39 is 0 Å². The highest BCUT2D eigenvalue weighted by molar-refractivity contribution is 6.30. The smallest absolute Gasteiger partial charge is 0.279 e. The predicted octanol–water partition coefficient (Wildman–Crippen LogP) is 2.74. The van der Waals surface area contributed by atoms with Crippen molar-refractivity contribution < 1.29 is 14.5 Å². The molecule has 1 amide bonds. The lowest BCUT2D eigenvalue weighted by Gasteiger charge is -2.11. The lowest BCUT2D eigenvalue weighted by Crippen LogP contribution is -2.86. The summed E-state index contributed by atoms with van der Waals surface area (Å²) >= 11 is 5.95. The van der Waals surface area contributed by atoms with Crippen LogP contribution in [0.5, 0.6) is 0 Å². The first-order valence-electron chi connectivity index (χ1n) is 6.69. The van der Waals surface area contributed by atoms with Gasteiger partial charge in [0.1, 0.15) is 11.9 Å². The van der Waals surface area contributed by atoms with Gasteiger partial charge in [-0.2, -0.15) is 0 Å². The molecule has 0 unspecified atom stereocenters. The van der Waals surface area contributed by atoms with Gasteiger partial charge in [0.2, 0.25) is 0 Å². The van der Waals surface area contributed by atoms with Crippen LogP contribution in [-0.4, -0.2) is 12.5 Å². The van der Waals surface area contributed by atoms with Gasteiger partial charge in [-0.1, -0.05) is 29.8 Å². The summed E-state index contributed by atoms with van der Waals surface area (Å²) < 4.78 is 13.0. The van der Waals surface area contributed by atoms with Gasteiger partial charge in [0, 0.05) is 16.3 Å². The first-order valence-corrected chi connectivity index (χ1v) is 7.06. The van der Waals surface area contributed by atoms with E-state index in [4.69, 9.17) is 11.6 Å². The molecule has 0 fully saturated rings. The average Bonchev–Trinajstić information content (AvgIpc) is 2.45. The zero-order valence-corrected chi connectivity index (χ0v) is 12.4. The Bertz CT molecular complexity index is 633. The van der Waals surface area contributed by atoms with Gasteiger partial charge in [0.15, 0.2) is 6.54 Å². The van der Waals surface area contributed by atoms with E-state index in [-0.39, 0.29) is 24.3 Å². The van der Waals surface area contributed by atoms with Gasteiger partial charge >= 0.3 is 0 Å². The van der Waals surface area contributed by atoms with Gasteiger partial charge < -0.3 is 10.6 Å². The van der Waals surface area contributed by atoms with E-state index in [2.05, 4.69) is 5.32 Å². The molecule has 3 N–H and O–H groups in total. The minimum absolute atomic E-state index is 0.113. The maximum absolute atomic E-state index is 13.0. The van der Waals surface area contributed by atoms with Crippen molar-refractivity contribution in [3.8, 4) is 0 Å². The number of amides is 1. The summed E-state index contributed by atoms with van der Waals surface area (Å²) in [7, 11) is 0. The molecule has 0 spiro atoms. The fourth-order valence-corrected chi connectivity index (χ4v) is 2.19. The number of anilines is 1. The minimum atomic E-state index is -0.371. The van der Waals surface area contributed by atoms with Gasteiger partial charge in [0.05, 0.1) is 0 Å². The van der Waals surface area contributed by atoms with E-state index >= 15 is 0 Å². The molecule has 0 aliphatic rings. The normalized spacial score (nSPS) is 12.0. The van der Waals surface area contributed by atoms with Crippen molar-refractivity contribution >= 4 is 23.2 Å². The van der Waals surface area contributed by atoms with Crippen LogP contribution < -0.4 is 10.6 Å². The van der Waals surface area contributed by atoms with E-state index in [9.17, 15) is 9.18 Å². The lowest BCUT2D eigenvalue weighted by atomic mass is 10.1. The Hall–Kier alpha value is -1.91. The molecule has 0 heterocycles. The molecule has 5 heteroatoms. The number of nitrogens with one attached hydrogen (secondary N) is 1. The molecular weight excluding hydrogens is 291 g/mol. The predicted molar refractivity (Wildman–Crippen MR) is 81.7 cm³/mol. The molecule has 0 saturated heterocycles. The molecule has 0 aliphatic carbocycles. The lowest BCUT2D eigenvalue weighted by molar-refractivity contribution is -0.682. The molecule has 2 rings (SSSR count). The standard InChI is InChI=1S/C16H16ClFN2O/c1-11(12-4-2-5-13(17)8-12)19-10-16(21)20-15-7-3-6-14(18)9-15/h2-9,11,19H,10H2,1H3,(H,20,21)/p+1/t11-/m1/s1. The zero-order valence-electron chi connectivity index (χ0n) is 11.6. The molecule has 0 aromatic heterocycles. The molecule has 1 atom stereocenters. The molecule has 110 valence electrons. The van der Waals surface area contributed by atoms with Gasteiger partial charge in [0.25, 0.3) is 5.91 Å². The fourth-order valence-electron chi connectivity index (χ4n) is 1.99. The highest BCUT2D eigenvalue weighted by Gasteiger charge is 2.12. The first-order chi connectivity index (χ1) is 10.0. The third-order valence-electron chi connectivity index (χ3n) is 3.14. The van der Waals surface area contributed by atoms with Crippen molar-refractivity contribution in [1.82, 2.24) is 0 Å². The molecule has 0 bridgehead atoms. The van der Waals surface area contributed by atoms with Crippen molar-refractivity contribution in [1.29, 1.82) is 0 Å². The second-order valence-electron chi connectivity index (χ2n) is 4.84. The van der Waals surface area contributed by atoms with Crippen LogP contribution in [0.15, 0.2) is 48.5 Å². The molecule has 2 aromatic rings. The Morgan fingerprint density at radius 1 is 1.29 bits per heavy atom. The van der Waals surface area contributed by atoms with E-state index in [1.54, 1.807) is 12.1 Å². The number of nitrogens with two attached hydrogens (primary N) is 1. The molecule has 0 radical (unpaired) electrons. The van der Waals surface area contributed by atoms with Crippen LogP contribution in [0.4, 0.5) is 10.1 Å². The summed E-state index contributed by atoms with van der Waals surface area (Å²) in [6.07, 6.45) is 0. The molecule has 3 nitrogen and oxygen atoms in total. The van der Waals surface area contributed by atoms with E-state index in [0.717, 1.165) is 5.56 Å². The number of quaternary nitrogens is 1. The molecule has 21 heavy (non-hydrogen) atoms. The zero-order chi connectivity index (χ0) is 15.2. The monoisotopic (exact) mass is 307 g/mol. The molecule has 2 aromatic carbocycles.